The maximum absolute atomic E-state index is 11.5. The van der Waals surface area contributed by atoms with E-state index in [1.807, 2.05) is 0 Å². The van der Waals surface area contributed by atoms with Crippen LogP contribution in [0.5, 0.6) is 0 Å². The van der Waals surface area contributed by atoms with Crippen LogP contribution in [-0.2, 0) is 19.1 Å². The second kappa shape index (κ2) is 8.87. The number of rotatable bonds is 7. The van der Waals surface area contributed by atoms with Crippen LogP contribution >= 0.6 is 0 Å². The quantitative estimate of drug-likeness (QED) is 0.616. The highest BCUT2D eigenvalue weighted by Crippen LogP contribution is 2.00. The molecule has 0 unspecified atom stereocenters. The zero-order valence-corrected chi connectivity index (χ0v) is 11.9. The van der Waals surface area contributed by atoms with Gasteiger partial charge in [-0.1, -0.05) is 0 Å². The van der Waals surface area contributed by atoms with Crippen molar-refractivity contribution in [2.45, 2.75) is 20.3 Å². The van der Waals surface area contributed by atoms with E-state index in [-0.39, 0.29) is 18.3 Å². The molecule has 0 radical (unpaired) electrons. The Hall–Kier alpha value is -1.14. The van der Waals surface area contributed by atoms with Crippen molar-refractivity contribution in [3.05, 3.63) is 0 Å². The molecule has 1 fully saturated rings. The smallest absolute Gasteiger partial charge is 0.307 e. The Bertz CT molecular complexity index is 290. The molecule has 1 amide bonds. The zero-order valence-electron chi connectivity index (χ0n) is 11.9. The monoisotopic (exact) mass is 272 g/mol. The van der Waals surface area contributed by atoms with Crippen LogP contribution in [0.4, 0.5) is 0 Å². The van der Waals surface area contributed by atoms with Gasteiger partial charge in [-0.05, 0) is 6.92 Å². The summed E-state index contributed by atoms with van der Waals surface area (Å²) in [5.74, 6) is -0.252. The molecular weight excluding hydrogens is 248 g/mol. The molecule has 0 aromatic heterocycles. The third-order valence-electron chi connectivity index (χ3n) is 3.13. The normalized spacial score (nSPS) is 16.1. The topological polar surface area (TPSA) is 59.1 Å². The average Bonchev–Trinajstić information content (AvgIpc) is 2.39. The molecule has 0 saturated carbocycles. The SMILES string of the molecule is CCOC(=O)CCN(CCN1CCOCC1)C(C)=O. The second-order valence-corrected chi connectivity index (χ2v) is 4.52. The molecule has 0 aromatic carbocycles. The number of morpholine rings is 1. The molecule has 0 spiro atoms. The van der Waals surface area contributed by atoms with E-state index in [0.29, 0.717) is 19.7 Å². The molecule has 110 valence electrons. The maximum Gasteiger partial charge on any atom is 0.307 e. The summed E-state index contributed by atoms with van der Waals surface area (Å²) in [4.78, 5) is 26.8. The van der Waals surface area contributed by atoms with Crippen molar-refractivity contribution in [2.24, 2.45) is 0 Å². The molecule has 1 aliphatic rings. The molecule has 19 heavy (non-hydrogen) atoms. The number of amides is 1. The Morgan fingerprint density at radius 3 is 2.53 bits per heavy atom. The Morgan fingerprint density at radius 2 is 1.95 bits per heavy atom. The van der Waals surface area contributed by atoms with Crippen LogP contribution in [0.2, 0.25) is 0 Å². The molecule has 0 atom stereocenters. The molecule has 1 heterocycles. The predicted octanol–water partition coefficient (Wildman–Crippen LogP) is 0.120. The van der Waals surface area contributed by atoms with Crippen LogP contribution in [-0.4, -0.2) is 74.2 Å². The van der Waals surface area contributed by atoms with Gasteiger partial charge in [0.2, 0.25) is 5.91 Å². The van der Waals surface area contributed by atoms with Gasteiger partial charge in [0, 0.05) is 39.6 Å². The van der Waals surface area contributed by atoms with E-state index in [1.165, 1.54) is 6.92 Å². The standard InChI is InChI=1S/C13H24N2O4/c1-3-19-13(17)4-5-15(12(2)16)7-6-14-8-10-18-11-9-14/h3-11H2,1-2H3. The lowest BCUT2D eigenvalue weighted by molar-refractivity contribution is -0.144. The van der Waals surface area contributed by atoms with Crippen LogP contribution in [0.3, 0.4) is 0 Å². The molecule has 0 bridgehead atoms. The van der Waals surface area contributed by atoms with E-state index in [9.17, 15) is 9.59 Å². The maximum atomic E-state index is 11.5. The minimum atomic E-state index is -0.250. The van der Waals surface area contributed by atoms with Gasteiger partial charge < -0.3 is 14.4 Å². The summed E-state index contributed by atoms with van der Waals surface area (Å²) in [6.45, 7) is 8.91. The lowest BCUT2D eigenvalue weighted by Gasteiger charge is -2.29. The van der Waals surface area contributed by atoms with Gasteiger partial charge in [-0.3, -0.25) is 14.5 Å². The van der Waals surface area contributed by atoms with Gasteiger partial charge in [0.05, 0.1) is 26.2 Å². The Morgan fingerprint density at radius 1 is 1.26 bits per heavy atom. The van der Waals surface area contributed by atoms with Crippen molar-refractivity contribution in [3.8, 4) is 0 Å². The lowest BCUT2D eigenvalue weighted by atomic mass is 10.3. The van der Waals surface area contributed by atoms with Crippen LogP contribution in [0.15, 0.2) is 0 Å². The van der Waals surface area contributed by atoms with Crippen molar-refractivity contribution < 1.29 is 19.1 Å². The molecular formula is C13H24N2O4. The fraction of sp³-hybridized carbons (Fsp3) is 0.846. The summed E-state index contributed by atoms with van der Waals surface area (Å²) in [5.41, 5.74) is 0. The van der Waals surface area contributed by atoms with E-state index < -0.39 is 0 Å². The van der Waals surface area contributed by atoms with Crippen LogP contribution < -0.4 is 0 Å². The number of carbonyl (C=O) groups excluding carboxylic acids is 2. The Labute approximate surface area is 114 Å². The van der Waals surface area contributed by atoms with Gasteiger partial charge >= 0.3 is 5.97 Å². The van der Waals surface area contributed by atoms with Gasteiger partial charge in [-0.15, -0.1) is 0 Å². The van der Waals surface area contributed by atoms with E-state index in [1.54, 1.807) is 11.8 Å². The molecule has 6 nitrogen and oxygen atoms in total. The largest absolute Gasteiger partial charge is 0.466 e. The first kappa shape index (κ1) is 15.9. The number of hydrogen-bond donors (Lipinski definition) is 0. The summed E-state index contributed by atoms with van der Waals surface area (Å²) in [6, 6.07) is 0. The lowest BCUT2D eigenvalue weighted by Crippen LogP contribution is -2.43. The van der Waals surface area contributed by atoms with Gasteiger partial charge in [-0.2, -0.15) is 0 Å². The summed E-state index contributed by atoms with van der Waals surface area (Å²) < 4.78 is 10.1. The molecule has 1 rings (SSSR count). The van der Waals surface area contributed by atoms with Gasteiger partial charge in [0.25, 0.3) is 0 Å². The van der Waals surface area contributed by atoms with Crippen LogP contribution in [0.1, 0.15) is 20.3 Å². The summed E-state index contributed by atoms with van der Waals surface area (Å²) >= 11 is 0. The molecule has 0 N–H and O–H groups in total. The second-order valence-electron chi connectivity index (χ2n) is 4.52. The Balaban J connectivity index is 2.27. The van der Waals surface area contributed by atoms with Gasteiger partial charge in [0.15, 0.2) is 0 Å². The predicted molar refractivity (Wildman–Crippen MR) is 70.8 cm³/mol. The van der Waals surface area contributed by atoms with E-state index in [4.69, 9.17) is 9.47 Å². The fourth-order valence-electron chi connectivity index (χ4n) is 1.97. The molecule has 1 aliphatic heterocycles. The highest BCUT2D eigenvalue weighted by Gasteiger charge is 2.15. The van der Waals surface area contributed by atoms with Gasteiger partial charge in [-0.25, -0.2) is 0 Å². The molecule has 0 aliphatic carbocycles. The van der Waals surface area contributed by atoms with E-state index in [2.05, 4.69) is 4.90 Å². The van der Waals surface area contributed by atoms with E-state index in [0.717, 1.165) is 32.8 Å². The molecule has 1 saturated heterocycles. The highest BCUT2D eigenvalue weighted by molar-refractivity contribution is 5.75. The number of esters is 1. The van der Waals surface area contributed by atoms with Crippen molar-refractivity contribution in [1.29, 1.82) is 0 Å². The van der Waals surface area contributed by atoms with Crippen molar-refractivity contribution in [1.82, 2.24) is 9.80 Å². The highest BCUT2D eigenvalue weighted by atomic mass is 16.5. The third kappa shape index (κ3) is 6.54. The molecule has 6 heteroatoms. The Kier molecular flexibility index (Phi) is 7.43. The number of nitrogens with zero attached hydrogens (tertiary/aromatic N) is 2. The summed E-state index contributed by atoms with van der Waals surface area (Å²) in [7, 11) is 0. The summed E-state index contributed by atoms with van der Waals surface area (Å²) in [6.07, 6.45) is 0.260. The first-order valence-corrected chi connectivity index (χ1v) is 6.84. The minimum absolute atomic E-state index is 0.00226. The fourth-order valence-corrected chi connectivity index (χ4v) is 1.97. The van der Waals surface area contributed by atoms with E-state index >= 15 is 0 Å². The summed E-state index contributed by atoms with van der Waals surface area (Å²) in [5, 5.41) is 0. The number of carbonyl (C=O) groups is 2. The van der Waals surface area contributed by atoms with Crippen LogP contribution in [0.25, 0.3) is 0 Å². The first-order valence-electron chi connectivity index (χ1n) is 6.84. The number of ether oxygens (including phenoxy) is 2. The average molecular weight is 272 g/mol. The number of hydrogen-bond acceptors (Lipinski definition) is 5. The van der Waals surface area contributed by atoms with Crippen molar-refractivity contribution >= 4 is 11.9 Å². The van der Waals surface area contributed by atoms with Crippen molar-refractivity contribution in [2.75, 3.05) is 52.5 Å². The molecule has 0 aromatic rings. The zero-order chi connectivity index (χ0) is 14.1. The minimum Gasteiger partial charge on any atom is -0.466 e. The van der Waals surface area contributed by atoms with Crippen molar-refractivity contribution in [3.63, 3.8) is 0 Å². The van der Waals surface area contributed by atoms with Gasteiger partial charge in [0.1, 0.15) is 0 Å². The first-order chi connectivity index (χ1) is 9.13. The third-order valence-corrected chi connectivity index (χ3v) is 3.13. The van der Waals surface area contributed by atoms with Crippen LogP contribution in [0, 0.1) is 0 Å².